The largest absolute Gasteiger partial charge is 0.497 e. The Kier molecular flexibility index (Phi) is 8.86. The van der Waals surface area contributed by atoms with Gasteiger partial charge in [-0.25, -0.2) is 0 Å². The maximum absolute atomic E-state index is 13.3. The maximum Gasteiger partial charge on any atom is 0.238 e. The summed E-state index contributed by atoms with van der Waals surface area (Å²) in [7, 11) is 3.26. The predicted molar refractivity (Wildman–Crippen MR) is 129 cm³/mol. The van der Waals surface area contributed by atoms with E-state index in [1.54, 1.807) is 14.2 Å². The van der Waals surface area contributed by atoms with Crippen molar-refractivity contribution < 1.29 is 19.1 Å². The monoisotopic (exact) mass is 453 g/mol. The molecule has 0 unspecified atom stereocenters. The molecule has 7 heteroatoms. The molecule has 2 aromatic rings. The number of amides is 2. The van der Waals surface area contributed by atoms with Crippen LogP contribution in [0.1, 0.15) is 29.5 Å². The molecule has 33 heavy (non-hydrogen) atoms. The zero-order chi connectivity index (χ0) is 23.8. The average molecular weight is 454 g/mol. The molecule has 0 radical (unpaired) electrons. The first-order valence-corrected chi connectivity index (χ1v) is 11.4. The van der Waals surface area contributed by atoms with E-state index in [1.165, 1.54) is 0 Å². The van der Waals surface area contributed by atoms with Crippen molar-refractivity contribution in [2.75, 3.05) is 45.8 Å². The summed E-state index contributed by atoms with van der Waals surface area (Å²) in [4.78, 5) is 29.8. The molecule has 0 bridgehead atoms. The van der Waals surface area contributed by atoms with Crippen LogP contribution in [-0.2, 0) is 20.9 Å². The minimum atomic E-state index is -0.138. The summed E-state index contributed by atoms with van der Waals surface area (Å²) in [6, 6.07) is 13.9. The minimum Gasteiger partial charge on any atom is -0.497 e. The van der Waals surface area contributed by atoms with Crippen molar-refractivity contribution in [2.24, 2.45) is 0 Å². The molecule has 0 atom stereocenters. The third kappa shape index (κ3) is 7.30. The first-order chi connectivity index (χ1) is 15.9. The van der Waals surface area contributed by atoms with Gasteiger partial charge in [-0.2, -0.15) is 0 Å². The number of carbonyl (C=O) groups excluding carboxylic acids is 2. The van der Waals surface area contributed by atoms with Gasteiger partial charge in [-0.3, -0.25) is 14.5 Å². The lowest BCUT2D eigenvalue weighted by atomic mass is 10.1. The molecule has 0 heterocycles. The van der Waals surface area contributed by atoms with Crippen molar-refractivity contribution in [1.82, 2.24) is 9.80 Å². The molecule has 1 N–H and O–H groups in total. The van der Waals surface area contributed by atoms with Crippen molar-refractivity contribution in [3.63, 3.8) is 0 Å². The van der Waals surface area contributed by atoms with E-state index in [2.05, 4.69) is 5.32 Å². The van der Waals surface area contributed by atoms with Gasteiger partial charge < -0.3 is 19.7 Å². The van der Waals surface area contributed by atoms with Crippen LogP contribution < -0.4 is 10.1 Å². The van der Waals surface area contributed by atoms with Gasteiger partial charge in [-0.05, 0) is 61.6 Å². The number of aryl methyl sites for hydroxylation is 1. The van der Waals surface area contributed by atoms with Crippen molar-refractivity contribution in [2.45, 2.75) is 39.3 Å². The van der Waals surface area contributed by atoms with Gasteiger partial charge in [-0.15, -0.1) is 0 Å². The van der Waals surface area contributed by atoms with Crippen LogP contribution in [0, 0.1) is 13.8 Å². The number of rotatable bonds is 12. The molecule has 1 fully saturated rings. The predicted octanol–water partition coefficient (Wildman–Crippen LogP) is 3.39. The number of carbonyl (C=O) groups is 2. The fourth-order valence-electron chi connectivity index (χ4n) is 3.73. The van der Waals surface area contributed by atoms with E-state index in [1.807, 2.05) is 66.1 Å². The molecule has 0 saturated heterocycles. The normalized spacial score (nSPS) is 13.1. The molecule has 178 valence electrons. The molecule has 0 aromatic heterocycles. The highest BCUT2D eigenvalue weighted by molar-refractivity contribution is 5.93. The second-order valence-corrected chi connectivity index (χ2v) is 8.60. The van der Waals surface area contributed by atoms with Gasteiger partial charge in [0.15, 0.2) is 0 Å². The molecule has 7 nitrogen and oxygen atoms in total. The zero-order valence-corrected chi connectivity index (χ0v) is 20.1. The van der Waals surface area contributed by atoms with Crippen LogP contribution in [0.3, 0.4) is 0 Å². The topological polar surface area (TPSA) is 71.1 Å². The van der Waals surface area contributed by atoms with E-state index in [9.17, 15) is 9.59 Å². The minimum absolute atomic E-state index is 0.0314. The van der Waals surface area contributed by atoms with E-state index < -0.39 is 0 Å². The number of hydrogen-bond donors (Lipinski definition) is 1. The Morgan fingerprint density at radius 1 is 1.03 bits per heavy atom. The van der Waals surface area contributed by atoms with E-state index in [-0.39, 0.29) is 30.9 Å². The number of anilines is 1. The number of benzene rings is 2. The smallest absolute Gasteiger partial charge is 0.238 e. The van der Waals surface area contributed by atoms with Gasteiger partial charge in [0.2, 0.25) is 11.8 Å². The number of ether oxygens (including phenoxy) is 2. The number of methoxy groups -OCH3 is 2. The summed E-state index contributed by atoms with van der Waals surface area (Å²) in [6.45, 7) is 5.82. The molecular weight excluding hydrogens is 418 g/mol. The number of nitrogens with one attached hydrogen (secondary N) is 1. The molecule has 1 aliphatic rings. The SMILES string of the molecule is COCCN(CC(=O)Nc1cccc(C)c1C)CC(=O)N(Cc1ccc(OC)cc1)C1CC1. The fraction of sp³-hybridized carbons (Fsp3) is 0.462. The van der Waals surface area contributed by atoms with Gasteiger partial charge >= 0.3 is 0 Å². The fourth-order valence-corrected chi connectivity index (χ4v) is 3.73. The highest BCUT2D eigenvalue weighted by Crippen LogP contribution is 2.29. The second-order valence-electron chi connectivity index (χ2n) is 8.60. The highest BCUT2D eigenvalue weighted by Gasteiger charge is 2.33. The Bertz CT molecular complexity index is 941. The highest BCUT2D eigenvalue weighted by atomic mass is 16.5. The van der Waals surface area contributed by atoms with Gasteiger partial charge in [0.05, 0.1) is 26.8 Å². The molecular formula is C26H35N3O4. The molecule has 2 aromatic carbocycles. The zero-order valence-electron chi connectivity index (χ0n) is 20.1. The summed E-state index contributed by atoms with van der Waals surface area (Å²) < 4.78 is 10.4. The quantitative estimate of drug-likeness (QED) is 0.533. The summed E-state index contributed by atoms with van der Waals surface area (Å²) in [5.74, 6) is 0.688. The van der Waals surface area contributed by atoms with Crippen LogP contribution in [0.15, 0.2) is 42.5 Å². The summed E-state index contributed by atoms with van der Waals surface area (Å²) in [5, 5.41) is 2.99. The van der Waals surface area contributed by atoms with E-state index in [0.717, 1.165) is 41.0 Å². The van der Waals surface area contributed by atoms with Crippen LogP contribution >= 0.6 is 0 Å². The number of hydrogen-bond acceptors (Lipinski definition) is 5. The van der Waals surface area contributed by atoms with E-state index >= 15 is 0 Å². The Labute approximate surface area is 196 Å². The Balaban J connectivity index is 1.63. The summed E-state index contributed by atoms with van der Waals surface area (Å²) >= 11 is 0. The molecule has 2 amide bonds. The summed E-state index contributed by atoms with van der Waals surface area (Å²) in [6.07, 6.45) is 2.04. The van der Waals surface area contributed by atoms with Gasteiger partial charge in [0.1, 0.15) is 5.75 Å². The number of nitrogens with zero attached hydrogens (tertiary/aromatic N) is 2. The average Bonchev–Trinajstić information content (AvgIpc) is 3.64. The van der Waals surface area contributed by atoms with Crippen LogP contribution in [0.4, 0.5) is 5.69 Å². The lowest BCUT2D eigenvalue weighted by Gasteiger charge is -2.27. The third-order valence-electron chi connectivity index (χ3n) is 6.04. The molecule has 1 aliphatic carbocycles. The molecule has 1 saturated carbocycles. The van der Waals surface area contributed by atoms with E-state index in [0.29, 0.717) is 19.7 Å². The lowest BCUT2D eigenvalue weighted by molar-refractivity contribution is -0.134. The van der Waals surface area contributed by atoms with E-state index in [4.69, 9.17) is 9.47 Å². The van der Waals surface area contributed by atoms with Gasteiger partial charge in [0, 0.05) is 31.9 Å². The standard InChI is InChI=1S/C26H35N3O4/c1-19-6-5-7-24(20(19)2)27-25(30)17-28(14-15-32-3)18-26(31)29(22-10-11-22)16-21-8-12-23(33-4)13-9-21/h5-9,12-13,22H,10-11,14-18H2,1-4H3,(H,27,30). The first-order valence-electron chi connectivity index (χ1n) is 11.4. The molecule has 0 aliphatic heterocycles. The Morgan fingerprint density at radius 2 is 1.76 bits per heavy atom. The van der Waals surface area contributed by atoms with Crippen molar-refractivity contribution >= 4 is 17.5 Å². The van der Waals surface area contributed by atoms with Crippen molar-refractivity contribution in [1.29, 1.82) is 0 Å². The van der Waals surface area contributed by atoms with Crippen molar-refractivity contribution in [3.05, 3.63) is 59.2 Å². The van der Waals surface area contributed by atoms with Crippen LogP contribution in [0.5, 0.6) is 5.75 Å². The molecule has 3 rings (SSSR count). The maximum atomic E-state index is 13.3. The summed E-state index contributed by atoms with van der Waals surface area (Å²) in [5.41, 5.74) is 4.03. The van der Waals surface area contributed by atoms with Crippen LogP contribution in [-0.4, -0.2) is 68.1 Å². The van der Waals surface area contributed by atoms with Crippen LogP contribution in [0.2, 0.25) is 0 Å². The Morgan fingerprint density at radius 3 is 2.39 bits per heavy atom. The van der Waals surface area contributed by atoms with Gasteiger partial charge in [0.25, 0.3) is 0 Å². The molecule has 0 spiro atoms. The second kappa shape index (κ2) is 11.8. The van der Waals surface area contributed by atoms with Crippen molar-refractivity contribution in [3.8, 4) is 5.75 Å². The Hall–Kier alpha value is -2.90. The van der Waals surface area contributed by atoms with Crippen LogP contribution in [0.25, 0.3) is 0 Å². The third-order valence-corrected chi connectivity index (χ3v) is 6.04. The first kappa shape index (κ1) is 24.7. The lowest BCUT2D eigenvalue weighted by Crippen LogP contribution is -2.44. The van der Waals surface area contributed by atoms with Gasteiger partial charge in [-0.1, -0.05) is 24.3 Å².